The zero-order valence-corrected chi connectivity index (χ0v) is 16.9. The highest BCUT2D eigenvalue weighted by molar-refractivity contribution is 6.31. The summed E-state index contributed by atoms with van der Waals surface area (Å²) in [4.78, 5) is 35.7. The Bertz CT molecular complexity index is 931. The lowest BCUT2D eigenvalue weighted by molar-refractivity contribution is -0.155. The molecule has 154 valence electrons. The summed E-state index contributed by atoms with van der Waals surface area (Å²) in [6, 6.07) is 9.44. The van der Waals surface area contributed by atoms with Crippen molar-refractivity contribution in [2.75, 3.05) is 19.0 Å². The Morgan fingerprint density at radius 2 is 1.86 bits per heavy atom. The van der Waals surface area contributed by atoms with Crippen LogP contribution in [0.25, 0.3) is 0 Å². The van der Waals surface area contributed by atoms with Crippen molar-refractivity contribution in [1.82, 2.24) is 0 Å². The van der Waals surface area contributed by atoms with Crippen LogP contribution >= 0.6 is 11.6 Å². The third-order valence-corrected chi connectivity index (χ3v) is 4.32. The van der Waals surface area contributed by atoms with Gasteiger partial charge in [-0.15, -0.1) is 0 Å². The molecule has 0 fully saturated rings. The lowest BCUT2D eigenvalue weighted by Gasteiger charge is -2.16. The first-order chi connectivity index (χ1) is 13.7. The number of methoxy groups -OCH3 is 1. The summed E-state index contributed by atoms with van der Waals surface area (Å²) in [5.74, 6) is -1.51. The average molecular weight is 421 g/mol. The molecule has 2 aromatic rings. The SMILES string of the molecule is COc1cc(Cl)c(C)cc1NC(=O)[C@@H](C)OC(=O)COc1ccccc1C(N)=O. The molecule has 2 rings (SSSR count). The highest BCUT2D eigenvalue weighted by Crippen LogP contribution is 2.31. The first-order valence-electron chi connectivity index (χ1n) is 8.59. The minimum atomic E-state index is -1.10. The molecule has 29 heavy (non-hydrogen) atoms. The first-order valence-corrected chi connectivity index (χ1v) is 8.96. The Hall–Kier alpha value is -3.26. The molecule has 2 aromatic carbocycles. The summed E-state index contributed by atoms with van der Waals surface area (Å²) in [7, 11) is 1.45. The van der Waals surface area contributed by atoms with Crippen LogP contribution in [0.1, 0.15) is 22.8 Å². The summed E-state index contributed by atoms with van der Waals surface area (Å²) in [5, 5.41) is 3.12. The van der Waals surface area contributed by atoms with Gasteiger partial charge in [0.2, 0.25) is 0 Å². The zero-order valence-electron chi connectivity index (χ0n) is 16.2. The fraction of sp³-hybridized carbons (Fsp3) is 0.250. The Morgan fingerprint density at radius 1 is 1.17 bits per heavy atom. The van der Waals surface area contributed by atoms with Crippen molar-refractivity contribution >= 4 is 35.1 Å². The molecule has 0 aliphatic rings. The number of anilines is 1. The van der Waals surface area contributed by atoms with Gasteiger partial charge in [-0.3, -0.25) is 9.59 Å². The monoisotopic (exact) mass is 420 g/mol. The third-order valence-electron chi connectivity index (χ3n) is 3.91. The number of hydrogen-bond donors (Lipinski definition) is 2. The maximum atomic E-state index is 12.4. The van der Waals surface area contributed by atoms with Crippen LogP contribution in [-0.2, 0) is 14.3 Å². The number of primary amides is 1. The molecule has 2 amide bonds. The summed E-state index contributed by atoms with van der Waals surface area (Å²) >= 11 is 6.04. The second kappa shape index (κ2) is 9.79. The Morgan fingerprint density at radius 3 is 2.52 bits per heavy atom. The van der Waals surface area contributed by atoms with Crippen LogP contribution in [0.15, 0.2) is 36.4 Å². The number of nitrogens with two attached hydrogens (primary N) is 1. The predicted octanol–water partition coefficient (Wildman–Crippen LogP) is 2.71. The van der Waals surface area contributed by atoms with E-state index in [4.69, 9.17) is 31.5 Å². The number of nitrogens with one attached hydrogen (secondary N) is 1. The topological polar surface area (TPSA) is 117 Å². The maximum Gasteiger partial charge on any atom is 0.344 e. The van der Waals surface area contributed by atoms with Gasteiger partial charge in [0.25, 0.3) is 11.8 Å². The molecule has 8 nitrogen and oxygen atoms in total. The van der Waals surface area contributed by atoms with E-state index in [-0.39, 0.29) is 11.3 Å². The third kappa shape index (κ3) is 5.86. The van der Waals surface area contributed by atoms with Crippen LogP contribution in [0, 0.1) is 6.92 Å². The van der Waals surface area contributed by atoms with Gasteiger partial charge in [0, 0.05) is 11.1 Å². The second-order valence-electron chi connectivity index (χ2n) is 6.07. The normalized spacial score (nSPS) is 11.3. The molecule has 0 saturated heterocycles. The minimum absolute atomic E-state index is 0.135. The van der Waals surface area contributed by atoms with Crippen molar-refractivity contribution in [3.63, 3.8) is 0 Å². The van der Waals surface area contributed by atoms with E-state index in [1.807, 2.05) is 0 Å². The number of aryl methyl sites for hydroxylation is 1. The number of esters is 1. The van der Waals surface area contributed by atoms with Gasteiger partial charge in [-0.25, -0.2) is 4.79 Å². The van der Waals surface area contributed by atoms with Gasteiger partial charge in [0.05, 0.1) is 18.4 Å². The molecule has 0 saturated carbocycles. The number of rotatable bonds is 8. The summed E-state index contributed by atoms with van der Waals surface area (Å²) < 4.78 is 15.6. The molecule has 0 unspecified atom stereocenters. The number of para-hydroxylation sites is 1. The molecule has 0 aliphatic heterocycles. The Kier molecular flexibility index (Phi) is 7.44. The summed E-state index contributed by atoms with van der Waals surface area (Å²) in [5.41, 5.74) is 6.53. The van der Waals surface area contributed by atoms with E-state index in [0.29, 0.717) is 16.5 Å². The molecule has 0 radical (unpaired) electrons. The van der Waals surface area contributed by atoms with Crippen molar-refractivity contribution in [2.45, 2.75) is 20.0 Å². The van der Waals surface area contributed by atoms with Crippen LogP contribution in [-0.4, -0.2) is 37.6 Å². The number of amides is 2. The van der Waals surface area contributed by atoms with Gasteiger partial charge in [0.15, 0.2) is 12.7 Å². The van der Waals surface area contributed by atoms with Gasteiger partial charge < -0.3 is 25.3 Å². The van der Waals surface area contributed by atoms with Crippen LogP contribution < -0.4 is 20.5 Å². The Balaban J connectivity index is 1.95. The number of benzene rings is 2. The summed E-state index contributed by atoms with van der Waals surface area (Å²) in [6.07, 6.45) is -1.10. The fourth-order valence-corrected chi connectivity index (χ4v) is 2.54. The van der Waals surface area contributed by atoms with E-state index in [9.17, 15) is 14.4 Å². The maximum absolute atomic E-state index is 12.4. The highest BCUT2D eigenvalue weighted by atomic mass is 35.5. The van der Waals surface area contributed by atoms with E-state index in [2.05, 4.69) is 5.32 Å². The van der Waals surface area contributed by atoms with Gasteiger partial charge in [0.1, 0.15) is 11.5 Å². The summed E-state index contributed by atoms with van der Waals surface area (Å²) in [6.45, 7) is 2.70. The lowest BCUT2D eigenvalue weighted by atomic mass is 10.2. The van der Waals surface area contributed by atoms with Gasteiger partial charge in [-0.05, 0) is 37.6 Å². The molecule has 0 aromatic heterocycles. The number of hydrogen-bond acceptors (Lipinski definition) is 6. The van der Waals surface area contributed by atoms with E-state index in [1.165, 1.54) is 26.2 Å². The predicted molar refractivity (Wildman–Crippen MR) is 107 cm³/mol. The lowest BCUT2D eigenvalue weighted by Crippen LogP contribution is -2.32. The molecule has 0 aliphatic carbocycles. The molecule has 0 heterocycles. The Labute approximate surface area is 172 Å². The van der Waals surface area contributed by atoms with Crippen molar-refractivity contribution < 1.29 is 28.6 Å². The van der Waals surface area contributed by atoms with Crippen molar-refractivity contribution in [1.29, 1.82) is 0 Å². The van der Waals surface area contributed by atoms with E-state index in [0.717, 1.165) is 5.56 Å². The number of carbonyl (C=O) groups excluding carboxylic acids is 3. The van der Waals surface area contributed by atoms with Gasteiger partial charge in [-0.2, -0.15) is 0 Å². The van der Waals surface area contributed by atoms with Crippen LogP contribution in [0.5, 0.6) is 11.5 Å². The number of carbonyl (C=O) groups is 3. The van der Waals surface area contributed by atoms with Crippen LogP contribution in [0.4, 0.5) is 5.69 Å². The smallest absolute Gasteiger partial charge is 0.344 e. The van der Waals surface area contributed by atoms with Crippen molar-refractivity contribution in [3.8, 4) is 11.5 Å². The fourth-order valence-electron chi connectivity index (χ4n) is 2.38. The van der Waals surface area contributed by atoms with Crippen LogP contribution in [0.2, 0.25) is 5.02 Å². The van der Waals surface area contributed by atoms with Crippen molar-refractivity contribution in [2.24, 2.45) is 5.73 Å². The largest absolute Gasteiger partial charge is 0.495 e. The standard InChI is InChI=1S/C20H21ClN2O6/c1-11-8-15(17(27-3)9-14(11)21)23-20(26)12(2)29-18(24)10-28-16-7-5-4-6-13(16)19(22)25/h4-9,12H,10H2,1-3H3,(H2,22,25)(H,23,26)/t12-/m1/s1. The second-order valence-corrected chi connectivity index (χ2v) is 6.48. The molecular formula is C20H21ClN2O6. The molecule has 0 bridgehead atoms. The zero-order chi connectivity index (χ0) is 21.6. The van der Waals surface area contributed by atoms with E-state index >= 15 is 0 Å². The quantitative estimate of drug-likeness (QED) is 0.634. The van der Waals surface area contributed by atoms with E-state index < -0.39 is 30.5 Å². The number of ether oxygens (including phenoxy) is 3. The van der Waals surface area contributed by atoms with Gasteiger partial charge >= 0.3 is 5.97 Å². The molecular weight excluding hydrogens is 400 g/mol. The highest BCUT2D eigenvalue weighted by Gasteiger charge is 2.20. The number of halogens is 1. The van der Waals surface area contributed by atoms with Crippen LogP contribution in [0.3, 0.4) is 0 Å². The van der Waals surface area contributed by atoms with Gasteiger partial charge in [-0.1, -0.05) is 23.7 Å². The van der Waals surface area contributed by atoms with E-state index in [1.54, 1.807) is 31.2 Å². The first kappa shape index (κ1) is 22.0. The molecule has 9 heteroatoms. The molecule has 1 atom stereocenters. The minimum Gasteiger partial charge on any atom is -0.495 e. The average Bonchev–Trinajstić information content (AvgIpc) is 2.68. The molecule has 3 N–H and O–H groups in total. The molecule has 0 spiro atoms. The van der Waals surface area contributed by atoms with Crippen molar-refractivity contribution in [3.05, 3.63) is 52.5 Å².